The molecule has 3 aliphatic rings. The summed E-state index contributed by atoms with van der Waals surface area (Å²) in [6.45, 7) is 6.04. The molecule has 2 atom stereocenters. The first-order valence-corrected chi connectivity index (χ1v) is 16.2. The second kappa shape index (κ2) is 11.8. The van der Waals surface area contributed by atoms with Crippen molar-refractivity contribution in [1.82, 2.24) is 24.3 Å². The summed E-state index contributed by atoms with van der Waals surface area (Å²) in [5.74, 6) is 0.807. The number of para-hydroxylation sites is 2. The Labute approximate surface area is 259 Å². The van der Waals surface area contributed by atoms with E-state index in [-0.39, 0.29) is 17.2 Å². The van der Waals surface area contributed by atoms with E-state index in [4.69, 9.17) is 4.98 Å². The van der Waals surface area contributed by atoms with Gasteiger partial charge in [-0.3, -0.25) is 14.5 Å². The number of aromatic nitrogens is 3. The number of amides is 2. The number of imidazole rings is 1. The standard InChI is InChI=1S/C36H42N6O2/c1-25-38-31-11-6-7-13-33(31)42(25)30-23-28-14-15-29(24-30)41(28)22-18-36(27-9-4-3-5-10-27)16-20-40(21-17-36)35(44)34-32(39-26(2)43)12-8-19-37-34/h3-13,19,28-30H,14-18,20-24H2,1-2H3,(H,39,43). The SMILES string of the molecule is CC(=O)Nc1cccnc1C(=O)N1CCC(CCN2C3CCC2CC(n2c(C)nc4ccccc42)C3)(c2ccccc2)CC1. The zero-order chi connectivity index (χ0) is 30.3. The molecule has 8 nitrogen and oxygen atoms in total. The Morgan fingerprint density at radius 1 is 0.909 bits per heavy atom. The average molecular weight is 591 g/mol. The first kappa shape index (κ1) is 28.7. The van der Waals surface area contributed by atoms with Gasteiger partial charge in [-0.1, -0.05) is 42.5 Å². The number of likely N-dealkylation sites (tertiary alicyclic amines) is 1. The number of hydrogen-bond donors (Lipinski definition) is 1. The van der Waals surface area contributed by atoms with Gasteiger partial charge in [0.2, 0.25) is 5.91 Å². The van der Waals surface area contributed by atoms with E-state index >= 15 is 0 Å². The molecule has 0 saturated carbocycles. The number of nitrogens with one attached hydrogen (secondary N) is 1. The van der Waals surface area contributed by atoms with Gasteiger partial charge in [-0.15, -0.1) is 0 Å². The van der Waals surface area contributed by atoms with Crippen molar-refractivity contribution < 1.29 is 9.59 Å². The molecule has 2 unspecified atom stereocenters. The highest BCUT2D eigenvalue weighted by Gasteiger charge is 2.44. The van der Waals surface area contributed by atoms with Crippen molar-refractivity contribution in [2.75, 3.05) is 25.0 Å². The Kier molecular flexibility index (Phi) is 7.70. The summed E-state index contributed by atoms with van der Waals surface area (Å²) < 4.78 is 2.51. The van der Waals surface area contributed by atoms with Gasteiger partial charge in [-0.05, 0) is 93.7 Å². The fraction of sp³-hybridized carbons (Fsp3) is 0.444. The van der Waals surface area contributed by atoms with Gasteiger partial charge >= 0.3 is 0 Å². The fourth-order valence-electron chi connectivity index (χ4n) is 8.42. The van der Waals surface area contributed by atoms with Gasteiger partial charge in [0.25, 0.3) is 5.91 Å². The lowest BCUT2D eigenvalue weighted by Crippen LogP contribution is -2.49. The van der Waals surface area contributed by atoms with E-state index in [1.807, 2.05) is 4.90 Å². The Morgan fingerprint density at radius 2 is 1.61 bits per heavy atom. The summed E-state index contributed by atoms with van der Waals surface area (Å²) >= 11 is 0. The predicted molar refractivity (Wildman–Crippen MR) is 173 cm³/mol. The number of benzene rings is 2. The number of pyridine rings is 1. The summed E-state index contributed by atoms with van der Waals surface area (Å²) in [6.07, 6.45) is 9.43. The van der Waals surface area contributed by atoms with Crippen LogP contribution >= 0.6 is 0 Å². The maximum atomic E-state index is 13.6. The molecule has 7 rings (SSSR count). The number of nitrogens with zero attached hydrogens (tertiary/aromatic N) is 5. The lowest BCUT2D eigenvalue weighted by atomic mass is 9.70. The van der Waals surface area contributed by atoms with Crippen LogP contribution < -0.4 is 5.32 Å². The van der Waals surface area contributed by atoms with E-state index in [1.54, 1.807) is 18.3 Å². The van der Waals surface area contributed by atoms with Crippen molar-refractivity contribution in [3.8, 4) is 0 Å². The first-order valence-electron chi connectivity index (χ1n) is 16.2. The van der Waals surface area contributed by atoms with Crippen LogP contribution in [0.25, 0.3) is 11.0 Å². The molecule has 8 heteroatoms. The maximum absolute atomic E-state index is 13.6. The molecular formula is C36H42N6O2. The number of aryl methyl sites for hydroxylation is 1. The molecule has 0 spiro atoms. The minimum atomic E-state index is -0.208. The normalized spacial score (nSPS) is 23.1. The van der Waals surface area contributed by atoms with Gasteiger partial charge in [0, 0.05) is 44.3 Å². The summed E-state index contributed by atoms with van der Waals surface area (Å²) in [5, 5.41) is 2.77. The van der Waals surface area contributed by atoms with Crippen molar-refractivity contribution in [2.45, 2.75) is 82.3 Å². The highest BCUT2D eigenvalue weighted by Crippen LogP contribution is 2.45. The van der Waals surface area contributed by atoms with E-state index in [0.29, 0.717) is 42.6 Å². The third-order valence-electron chi connectivity index (χ3n) is 10.6. The van der Waals surface area contributed by atoms with E-state index in [0.717, 1.165) is 37.1 Å². The second-order valence-electron chi connectivity index (χ2n) is 13.0. The first-order chi connectivity index (χ1) is 21.4. The highest BCUT2D eigenvalue weighted by molar-refractivity contribution is 6.01. The number of fused-ring (bicyclic) bond motifs is 3. The third kappa shape index (κ3) is 5.30. The smallest absolute Gasteiger partial charge is 0.274 e. The van der Waals surface area contributed by atoms with Crippen LogP contribution in [0.3, 0.4) is 0 Å². The summed E-state index contributed by atoms with van der Waals surface area (Å²) in [4.78, 5) is 39.3. The molecule has 4 aromatic rings. The topological polar surface area (TPSA) is 83.4 Å². The van der Waals surface area contributed by atoms with Crippen LogP contribution in [0.5, 0.6) is 0 Å². The predicted octanol–water partition coefficient (Wildman–Crippen LogP) is 6.13. The summed E-state index contributed by atoms with van der Waals surface area (Å²) in [5.41, 5.74) is 4.56. The van der Waals surface area contributed by atoms with E-state index in [1.165, 1.54) is 43.7 Å². The van der Waals surface area contributed by atoms with Crippen molar-refractivity contribution in [1.29, 1.82) is 0 Å². The van der Waals surface area contributed by atoms with Gasteiger partial charge in [0.15, 0.2) is 5.69 Å². The van der Waals surface area contributed by atoms with Crippen LogP contribution in [0.15, 0.2) is 72.9 Å². The fourth-order valence-corrected chi connectivity index (χ4v) is 8.42. The van der Waals surface area contributed by atoms with Gasteiger partial charge in [0.1, 0.15) is 5.82 Å². The number of carbonyl (C=O) groups is 2. The lowest BCUT2D eigenvalue weighted by molar-refractivity contribution is -0.114. The molecule has 44 heavy (non-hydrogen) atoms. The van der Waals surface area contributed by atoms with Crippen LogP contribution in [-0.2, 0) is 10.2 Å². The molecule has 5 heterocycles. The van der Waals surface area contributed by atoms with Crippen molar-refractivity contribution in [3.05, 3.63) is 90.0 Å². The van der Waals surface area contributed by atoms with Crippen molar-refractivity contribution >= 4 is 28.5 Å². The lowest BCUT2D eigenvalue weighted by Gasteiger charge is -2.45. The van der Waals surface area contributed by atoms with Crippen LogP contribution in [0, 0.1) is 6.92 Å². The van der Waals surface area contributed by atoms with Gasteiger partial charge in [-0.25, -0.2) is 9.97 Å². The zero-order valence-electron chi connectivity index (χ0n) is 25.8. The molecule has 2 amide bonds. The Morgan fingerprint density at radius 3 is 2.34 bits per heavy atom. The molecule has 228 valence electrons. The van der Waals surface area contributed by atoms with Gasteiger partial charge in [-0.2, -0.15) is 0 Å². The zero-order valence-corrected chi connectivity index (χ0v) is 25.8. The van der Waals surface area contributed by atoms with Crippen LogP contribution in [0.4, 0.5) is 5.69 Å². The molecule has 3 aliphatic heterocycles. The molecule has 0 aliphatic carbocycles. The van der Waals surface area contributed by atoms with Crippen LogP contribution in [0.2, 0.25) is 0 Å². The number of anilines is 1. The minimum absolute atomic E-state index is 0.0239. The number of piperidine rings is 2. The number of carbonyl (C=O) groups excluding carboxylic acids is 2. The highest BCUT2D eigenvalue weighted by atomic mass is 16.2. The van der Waals surface area contributed by atoms with Gasteiger partial charge in [0.05, 0.1) is 16.7 Å². The molecule has 2 aromatic heterocycles. The number of rotatable bonds is 7. The monoisotopic (exact) mass is 590 g/mol. The molecule has 1 N–H and O–H groups in total. The van der Waals surface area contributed by atoms with Crippen molar-refractivity contribution in [3.63, 3.8) is 0 Å². The Balaban J connectivity index is 1.06. The Bertz CT molecular complexity index is 1640. The second-order valence-corrected chi connectivity index (χ2v) is 13.0. The van der Waals surface area contributed by atoms with E-state index < -0.39 is 0 Å². The minimum Gasteiger partial charge on any atom is -0.337 e. The number of hydrogen-bond acceptors (Lipinski definition) is 5. The maximum Gasteiger partial charge on any atom is 0.274 e. The quantitative estimate of drug-likeness (QED) is 0.280. The van der Waals surface area contributed by atoms with Crippen LogP contribution in [0.1, 0.15) is 79.8 Å². The summed E-state index contributed by atoms with van der Waals surface area (Å²) in [7, 11) is 0. The van der Waals surface area contributed by atoms with E-state index in [9.17, 15) is 9.59 Å². The Hall–Kier alpha value is -4.04. The summed E-state index contributed by atoms with van der Waals surface area (Å²) in [6, 6.07) is 24.7. The van der Waals surface area contributed by atoms with E-state index in [2.05, 4.69) is 81.3 Å². The average Bonchev–Trinajstić information content (AvgIpc) is 3.50. The molecule has 0 radical (unpaired) electrons. The molecular weight excluding hydrogens is 548 g/mol. The molecule has 3 fully saturated rings. The van der Waals surface area contributed by atoms with Crippen molar-refractivity contribution in [2.24, 2.45) is 0 Å². The largest absolute Gasteiger partial charge is 0.337 e. The third-order valence-corrected chi connectivity index (χ3v) is 10.6. The molecule has 2 bridgehead atoms. The van der Waals surface area contributed by atoms with Gasteiger partial charge < -0.3 is 14.8 Å². The molecule has 2 aromatic carbocycles. The molecule has 3 saturated heterocycles. The van der Waals surface area contributed by atoms with Crippen LogP contribution in [-0.4, -0.2) is 67.9 Å².